The van der Waals surface area contributed by atoms with Crippen LogP contribution in [0.3, 0.4) is 0 Å². The third-order valence-corrected chi connectivity index (χ3v) is 4.63. The van der Waals surface area contributed by atoms with Crippen LogP contribution in [0.2, 0.25) is 0 Å². The molecule has 0 saturated heterocycles. The number of benzene rings is 1. The molecule has 0 spiro atoms. The minimum atomic E-state index is -3.73. The fourth-order valence-electron chi connectivity index (χ4n) is 1.95. The Balaban J connectivity index is 2.18. The largest absolute Gasteiger partial charge is 0.493 e. The van der Waals surface area contributed by atoms with E-state index >= 15 is 0 Å². The molecule has 0 amide bonds. The lowest BCUT2D eigenvalue weighted by atomic mass is 10.3. The predicted molar refractivity (Wildman–Crippen MR) is 89.9 cm³/mol. The lowest BCUT2D eigenvalue weighted by Gasteiger charge is -2.13. The summed E-state index contributed by atoms with van der Waals surface area (Å²) in [4.78, 5) is 10.2. The molecule has 1 aromatic heterocycles. The van der Waals surface area contributed by atoms with Crippen molar-refractivity contribution < 1.29 is 17.9 Å². The number of methoxy groups -OCH3 is 2. The van der Waals surface area contributed by atoms with Crippen LogP contribution in [-0.4, -0.2) is 46.7 Å². The normalized spacial score (nSPS) is 11.2. The summed E-state index contributed by atoms with van der Waals surface area (Å²) in [6, 6.07) is 6.13. The van der Waals surface area contributed by atoms with Gasteiger partial charge in [0, 0.05) is 26.4 Å². The average Bonchev–Trinajstić information content (AvgIpc) is 2.59. The van der Waals surface area contributed by atoms with Gasteiger partial charge in [-0.25, -0.2) is 23.1 Å². The van der Waals surface area contributed by atoms with E-state index in [1.807, 2.05) is 19.0 Å². The molecule has 24 heavy (non-hydrogen) atoms. The van der Waals surface area contributed by atoms with Crippen molar-refractivity contribution in [1.82, 2.24) is 14.7 Å². The highest BCUT2D eigenvalue weighted by Crippen LogP contribution is 2.29. The molecule has 0 aliphatic heterocycles. The van der Waals surface area contributed by atoms with Gasteiger partial charge in [-0.3, -0.25) is 0 Å². The molecule has 0 unspecified atom stereocenters. The topological polar surface area (TPSA) is 93.7 Å². The molecule has 0 saturated carbocycles. The maximum Gasteiger partial charge on any atom is 0.241 e. The lowest BCUT2D eigenvalue weighted by molar-refractivity contribution is 0.354. The van der Waals surface area contributed by atoms with Crippen molar-refractivity contribution in [3.8, 4) is 11.5 Å². The molecule has 1 N–H and O–H groups in total. The number of rotatable bonds is 7. The maximum absolute atomic E-state index is 12.4. The summed E-state index contributed by atoms with van der Waals surface area (Å²) >= 11 is 0. The highest BCUT2D eigenvalue weighted by molar-refractivity contribution is 7.89. The van der Waals surface area contributed by atoms with Gasteiger partial charge in [-0.05, 0) is 18.2 Å². The van der Waals surface area contributed by atoms with Gasteiger partial charge in [0.25, 0.3) is 0 Å². The van der Waals surface area contributed by atoms with Crippen LogP contribution < -0.4 is 19.1 Å². The van der Waals surface area contributed by atoms with Crippen LogP contribution in [-0.2, 0) is 16.6 Å². The van der Waals surface area contributed by atoms with Crippen molar-refractivity contribution >= 4 is 15.8 Å². The molecule has 0 aliphatic rings. The summed E-state index contributed by atoms with van der Waals surface area (Å²) in [6.45, 7) is -0.0155. The molecular weight excluding hydrogens is 332 g/mol. The van der Waals surface area contributed by atoms with Gasteiger partial charge < -0.3 is 14.4 Å². The summed E-state index contributed by atoms with van der Waals surface area (Å²) in [5, 5.41) is 0. The standard InChI is InChI=1S/C15H20N4O4S/c1-19(2)15-7-8-16-14(18-15)10-17-24(20,21)11-5-6-12(22-3)13(9-11)23-4/h5-9,17H,10H2,1-4H3. The summed E-state index contributed by atoms with van der Waals surface area (Å²) in [6.07, 6.45) is 1.59. The van der Waals surface area contributed by atoms with Gasteiger partial charge in [0.1, 0.15) is 11.6 Å². The fraction of sp³-hybridized carbons (Fsp3) is 0.333. The molecule has 0 fully saturated rings. The molecular formula is C15H20N4O4S. The number of sulfonamides is 1. The summed E-state index contributed by atoms with van der Waals surface area (Å²) < 4.78 is 37.5. The van der Waals surface area contributed by atoms with Gasteiger partial charge >= 0.3 is 0 Å². The van der Waals surface area contributed by atoms with Crippen molar-refractivity contribution in [2.45, 2.75) is 11.4 Å². The third-order valence-electron chi connectivity index (χ3n) is 3.23. The highest BCUT2D eigenvalue weighted by Gasteiger charge is 2.17. The molecule has 2 aromatic rings. The first kappa shape index (κ1) is 18.0. The molecule has 0 radical (unpaired) electrons. The molecule has 1 aromatic carbocycles. The zero-order chi connectivity index (χ0) is 17.7. The van der Waals surface area contributed by atoms with Crippen LogP contribution in [0.15, 0.2) is 35.4 Å². The smallest absolute Gasteiger partial charge is 0.241 e. The number of nitrogens with zero attached hydrogens (tertiary/aromatic N) is 3. The van der Waals surface area contributed by atoms with E-state index in [9.17, 15) is 8.42 Å². The van der Waals surface area contributed by atoms with Gasteiger partial charge in [-0.2, -0.15) is 0 Å². The zero-order valence-corrected chi connectivity index (χ0v) is 14.8. The number of nitrogens with one attached hydrogen (secondary N) is 1. The Bertz CT molecular complexity index is 809. The Morgan fingerprint density at radius 1 is 1.12 bits per heavy atom. The second kappa shape index (κ2) is 7.45. The average molecular weight is 352 g/mol. The number of hydrogen-bond donors (Lipinski definition) is 1. The Morgan fingerprint density at radius 3 is 2.46 bits per heavy atom. The Morgan fingerprint density at radius 2 is 1.83 bits per heavy atom. The van der Waals surface area contributed by atoms with Crippen molar-refractivity contribution in [1.29, 1.82) is 0 Å². The fourth-order valence-corrected chi connectivity index (χ4v) is 2.94. The monoisotopic (exact) mass is 352 g/mol. The quantitative estimate of drug-likeness (QED) is 0.795. The van der Waals surface area contributed by atoms with Gasteiger partial charge in [0.2, 0.25) is 10.0 Å². The van der Waals surface area contributed by atoms with E-state index in [1.165, 1.54) is 32.4 Å². The second-order valence-corrected chi connectivity index (χ2v) is 6.83. The Kier molecular flexibility index (Phi) is 5.58. The van der Waals surface area contributed by atoms with Crippen LogP contribution >= 0.6 is 0 Å². The van der Waals surface area contributed by atoms with E-state index in [0.29, 0.717) is 23.1 Å². The molecule has 9 heteroatoms. The minimum Gasteiger partial charge on any atom is -0.493 e. The molecule has 0 atom stereocenters. The van der Waals surface area contributed by atoms with Crippen molar-refractivity contribution in [2.24, 2.45) is 0 Å². The number of aromatic nitrogens is 2. The van der Waals surface area contributed by atoms with E-state index in [4.69, 9.17) is 9.47 Å². The minimum absolute atomic E-state index is 0.0155. The molecule has 130 valence electrons. The molecule has 8 nitrogen and oxygen atoms in total. The van der Waals surface area contributed by atoms with E-state index in [-0.39, 0.29) is 11.4 Å². The van der Waals surface area contributed by atoms with Gasteiger partial charge in [0.05, 0.1) is 25.7 Å². The predicted octanol–water partition coefficient (Wildman–Crippen LogP) is 1.04. The third kappa shape index (κ3) is 4.12. The van der Waals surface area contributed by atoms with Crippen molar-refractivity contribution in [3.63, 3.8) is 0 Å². The SMILES string of the molecule is COc1ccc(S(=O)(=O)NCc2nccc(N(C)C)n2)cc1OC. The van der Waals surface area contributed by atoms with Crippen LogP contribution in [0.25, 0.3) is 0 Å². The number of hydrogen-bond acceptors (Lipinski definition) is 7. The maximum atomic E-state index is 12.4. The van der Waals surface area contributed by atoms with Crippen LogP contribution in [0.1, 0.15) is 5.82 Å². The van der Waals surface area contributed by atoms with E-state index in [1.54, 1.807) is 12.3 Å². The Labute approximate surface area is 141 Å². The van der Waals surface area contributed by atoms with Crippen molar-refractivity contribution in [3.05, 3.63) is 36.3 Å². The second-order valence-electron chi connectivity index (χ2n) is 5.07. The number of anilines is 1. The van der Waals surface area contributed by atoms with E-state index in [0.717, 1.165) is 0 Å². The van der Waals surface area contributed by atoms with E-state index in [2.05, 4.69) is 14.7 Å². The molecule has 0 aliphatic carbocycles. The van der Waals surface area contributed by atoms with Crippen LogP contribution in [0, 0.1) is 0 Å². The first-order chi connectivity index (χ1) is 11.4. The Hall–Kier alpha value is -2.39. The van der Waals surface area contributed by atoms with Crippen LogP contribution in [0.4, 0.5) is 5.82 Å². The summed E-state index contributed by atoms with van der Waals surface area (Å²) in [5.41, 5.74) is 0. The summed E-state index contributed by atoms with van der Waals surface area (Å²) in [7, 11) is 2.90. The molecule has 2 rings (SSSR count). The van der Waals surface area contributed by atoms with Gasteiger partial charge in [0.15, 0.2) is 11.5 Å². The highest BCUT2D eigenvalue weighted by atomic mass is 32.2. The summed E-state index contributed by atoms with van der Waals surface area (Å²) in [5.74, 6) is 1.88. The van der Waals surface area contributed by atoms with Crippen LogP contribution in [0.5, 0.6) is 11.5 Å². The van der Waals surface area contributed by atoms with Crippen molar-refractivity contribution in [2.75, 3.05) is 33.2 Å². The molecule has 0 bridgehead atoms. The zero-order valence-electron chi connectivity index (χ0n) is 14.0. The first-order valence-corrected chi connectivity index (χ1v) is 8.56. The van der Waals surface area contributed by atoms with E-state index < -0.39 is 10.0 Å². The van der Waals surface area contributed by atoms with Gasteiger partial charge in [-0.15, -0.1) is 0 Å². The number of ether oxygens (including phenoxy) is 2. The molecule has 1 heterocycles. The first-order valence-electron chi connectivity index (χ1n) is 7.08. The van der Waals surface area contributed by atoms with Gasteiger partial charge in [-0.1, -0.05) is 0 Å². The lowest BCUT2D eigenvalue weighted by Crippen LogP contribution is -2.25.